The summed E-state index contributed by atoms with van der Waals surface area (Å²) in [6, 6.07) is 11.6. The third kappa shape index (κ3) is 4.81. The summed E-state index contributed by atoms with van der Waals surface area (Å²) >= 11 is 0. The van der Waals surface area contributed by atoms with Crippen molar-refractivity contribution in [3.05, 3.63) is 86.3 Å². The molecule has 0 atom stereocenters. The number of anilines is 1. The Morgan fingerprint density at radius 3 is 2.08 bits per heavy atom. The molecule has 10 heteroatoms. The lowest BCUT2D eigenvalue weighted by Gasteiger charge is -2.35. The predicted molar refractivity (Wildman–Crippen MR) is 134 cm³/mol. The van der Waals surface area contributed by atoms with Crippen LogP contribution in [0.5, 0.6) is 11.5 Å². The molecule has 1 amide bonds. The van der Waals surface area contributed by atoms with E-state index in [0.29, 0.717) is 48.8 Å². The molecular formula is C27H27F3N4O3. The maximum Gasteiger partial charge on any atom is 0.433 e. The lowest BCUT2D eigenvalue weighted by molar-refractivity contribution is -0.140. The number of aryl methyl sites for hydroxylation is 2. The van der Waals surface area contributed by atoms with Crippen LogP contribution in [-0.4, -0.2) is 49.0 Å². The number of alkyl halides is 3. The van der Waals surface area contributed by atoms with Gasteiger partial charge in [-0.25, -0.2) is 0 Å². The van der Waals surface area contributed by atoms with E-state index in [-0.39, 0.29) is 11.3 Å². The molecule has 0 saturated carbocycles. The highest BCUT2D eigenvalue weighted by Crippen LogP contribution is 2.43. The summed E-state index contributed by atoms with van der Waals surface area (Å²) in [5, 5.41) is 2.88. The number of aromatic nitrogens is 1. The molecule has 194 valence electrons. The van der Waals surface area contributed by atoms with Crippen molar-refractivity contribution in [3.63, 3.8) is 0 Å². The summed E-state index contributed by atoms with van der Waals surface area (Å²) in [6.45, 7) is 5.65. The van der Waals surface area contributed by atoms with Gasteiger partial charge in [-0.15, -0.1) is 0 Å². The number of H-pyrrole nitrogens is 1. The molecule has 1 aromatic heterocycles. The summed E-state index contributed by atoms with van der Waals surface area (Å²) < 4.78 is 47.6. The first-order valence-electron chi connectivity index (χ1n) is 12.0. The second-order valence-electron chi connectivity index (χ2n) is 9.65. The molecular weight excluding hydrogens is 485 g/mol. The third-order valence-corrected chi connectivity index (χ3v) is 6.85. The number of rotatable bonds is 3. The van der Waals surface area contributed by atoms with E-state index in [0.717, 1.165) is 17.2 Å². The first-order valence-corrected chi connectivity index (χ1v) is 12.0. The Morgan fingerprint density at radius 1 is 0.973 bits per heavy atom. The van der Waals surface area contributed by atoms with Crippen LogP contribution in [0.4, 0.5) is 18.9 Å². The van der Waals surface area contributed by atoms with Crippen LogP contribution in [0.15, 0.2) is 47.3 Å². The van der Waals surface area contributed by atoms with Gasteiger partial charge in [-0.3, -0.25) is 9.59 Å². The molecule has 1 saturated heterocycles. The van der Waals surface area contributed by atoms with Crippen LogP contribution in [0.2, 0.25) is 0 Å². The van der Waals surface area contributed by atoms with E-state index in [1.165, 1.54) is 0 Å². The lowest BCUT2D eigenvalue weighted by Crippen LogP contribution is -2.46. The minimum atomic E-state index is -4.78. The van der Waals surface area contributed by atoms with Crippen molar-refractivity contribution in [1.82, 2.24) is 15.2 Å². The van der Waals surface area contributed by atoms with Crippen LogP contribution >= 0.6 is 0 Å². The van der Waals surface area contributed by atoms with Crippen LogP contribution in [0, 0.1) is 13.8 Å². The van der Waals surface area contributed by atoms with Crippen molar-refractivity contribution in [2.24, 2.45) is 0 Å². The molecule has 0 radical (unpaired) electrons. The summed E-state index contributed by atoms with van der Waals surface area (Å²) in [7, 11) is 1.89. The van der Waals surface area contributed by atoms with Crippen LogP contribution in [0.3, 0.4) is 0 Å². The molecule has 3 aromatic rings. The van der Waals surface area contributed by atoms with Gasteiger partial charge in [0.1, 0.15) is 22.8 Å². The molecule has 0 unspecified atom stereocenters. The fraction of sp³-hybridized carbons (Fsp3) is 0.333. The second-order valence-corrected chi connectivity index (χ2v) is 9.65. The standard InChI is InChI=1S/C27H27F3N4O3/c1-15-4-6-17-21(12-15)37-22-13-16(2)5-7-18(22)23(17)31-25(35)19-14-20(34-10-8-33(3)9-11-34)24(27(28,29)30)32-26(19)36/h4-7,12-14,23H,8-11H2,1-3H3,(H,31,35)(H,32,36). The second kappa shape index (κ2) is 9.26. The molecule has 0 spiro atoms. The maximum absolute atomic E-state index is 13.8. The fourth-order valence-corrected chi connectivity index (χ4v) is 4.79. The van der Waals surface area contributed by atoms with Gasteiger partial charge in [0.05, 0.1) is 11.7 Å². The van der Waals surface area contributed by atoms with Gasteiger partial charge in [0.15, 0.2) is 0 Å². The normalized spacial score (nSPS) is 16.1. The van der Waals surface area contributed by atoms with Crippen molar-refractivity contribution in [3.8, 4) is 11.5 Å². The molecule has 2 N–H and O–H groups in total. The Morgan fingerprint density at radius 2 is 1.54 bits per heavy atom. The number of carbonyl (C=O) groups is 1. The highest BCUT2D eigenvalue weighted by Gasteiger charge is 2.38. The van der Waals surface area contributed by atoms with Gasteiger partial charge in [0.2, 0.25) is 0 Å². The van der Waals surface area contributed by atoms with Crippen molar-refractivity contribution in [2.75, 3.05) is 38.1 Å². The third-order valence-electron chi connectivity index (χ3n) is 6.85. The summed E-state index contributed by atoms with van der Waals surface area (Å²) in [6.07, 6.45) is -4.78. The number of benzene rings is 2. The Hall–Kier alpha value is -3.79. The predicted octanol–water partition coefficient (Wildman–Crippen LogP) is 4.39. The van der Waals surface area contributed by atoms with Crippen LogP contribution < -0.4 is 20.5 Å². The average Bonchev–Trinajstić information content (AvgIpc) is 2.83. The molecule has 1 fully saturated rings. The van der Waals surface area contributed by atoms with Gasteiger partial charge in [-0.2, -0.15) is 13.2 Å². The van der Waals surface area contributed by atoms with Crippen LogP contribution in [-0.2, 0) is 6.18 Å². The van der Waals surface area contributed by atoms with E-state index >= 15 is 0 Å². The number of hydrogen-bond donors (Lipinski definition) is 2. The van der Waals surface area contributed by atoms with E-state index in [1.807, 2.05) is 67.2 Å². The van der Waals surface area contributed by atoms with Gasteiger partial charge in [-0.05, 0) is 50.2 Å². The smallest absolute Gasteiger partial charge is 0.433 e. The van der Waals surface area contributed by atoms with E-state index in [4.69, 9.17) is 4.74 Å². The summed E-state index contributed by atoms with van der Waals surface area (Å²) in [5.74, 6) is 0.376. The number of carbonyl (C=O) groups excluding carboxylic acids is 1. The number of hydrogen-bond acceptors (Lipinski definition) is 5. The first-order chi connectivity index (χ1) is 17.5. The molecule has 5 rings (SSSR count). The molecule has 7 nitrogen and oxygen atoms in total. The number of ether oxygens (including phenoxy) is 1. The van der Waals surface area contributed by atoms with Crippen molar-refractivity contribution < 1.29 is 22.7 Å². The first kappa shape index (κ1) is 24.9. The van der Waals surface area contributed by atoms with Gasteiger partial charge in [0.25, 0.3) is 11.5 Å². The van der Waals surface area contributed by atoms with E-state index in [1.54, 1.807) is 4.90 Å². The van der Waals surface area contributed by atoms with Crippen LogP contribution in [0.1, 0.15) is 44.3 Å². The fourth-order valence-electron chi connectivity index (χ4n) is 4.79. The average molecular weight is 513 g/mol. The van der Waals surface area contributed by atoms with Crippen molar-refractivity contribution in [2.45, 2.75) is 26.1 Å². The van der Waals surface area contributed by atoms with Gasteiger partial charge in [0, 0.05) is 37.3 Å². The molecule has 0 aliphatic carbocycles. The van der Waals surface area contributed by atoms with Gasteiger partial charge >= 0.3 is 6.18 Å². The zero-order valence-electron chi connectivity index (χ0n) is 20.7. The Balaban J connectivity index is 1.55. The largest absolute Gasteiger partial charge is 0.457 e. The van der Waals surface area contributed by atoms with Crippen molar-refractivity contribution >= 4 is 11.6 Å². The minimum Gasteiger partial charge on any atom is -0.457 e. The number of piperazine rings is 1. The molecule has 0 bridgehead atoms. The quantitative estimate of drug-likeness (QED) is 0.545. The molecule has 37 heavy (non-hydrogen) atoms. The monoisotopic (exact) mass is 512 g/mol. The number of aromatic amines is 1. The number of fused-ring (bicyclic) bond motifs is 2. The lowest BCUT2D eigenvalue weighted by atomic mass is 9.92. The number of amides is 1. The number of halogens is 3. The highest BCUT2D eigenvalue weighted by molar-refractivity contribution is 5.95. The SMILES string of the molecule is Cc1ccc2c(c1)Oc1cc(C)ccc1C2NC(=O)c1cc(N2CCN(C)CC2)c(C(F)(F)F)[nH]c1=O. The van der Waals surface area contributed by atoms with Gasteiger partial charge < -0.3 is 24.8 Å². The Labute approximate surface area is 211 Å². The van der Waals surface area contributed by atoms with Crippen LogP contribution in [0.25, 0.3) is 0 Å². The Bertz CT molecular complexity index is 1370. The molecule has 2 aliphatic heterocycles. The topological polar surface area (TPSA) is 77.7 Å². The number of nitrogens with one attached hydrogen (secondary N) is 2. The maximum atomic E-state index is 13.8. The van der Waals surface area contributed by atoms with E-state index in [9.17, 15) is 22.8 Å². The number of pyridine rings is 1. The van der Waals surface area contributed by atoms with E-state index < -0.39 is 29.4 Å². The van der Waals surface area contributed by atoms with Crippen molar-refractivity contribution in [1.29, 1.82) is 0 Å². The molecule has 2 aliphatic rings. The highest BCUT2D eigenvalue weighted by atomic mass is 19.4. The molecule has 3 heterocycles. The molecule has 2 aromatic carbocycles. The zero-order chi connectivity index (χ0) is 26.5. The summed E-state index contributed by atoms with van der Waals surface area (Å²) in [4.78, 5) is 31.7. The summed E-state index contributed by atoms with van der Waals surface area (Å²) in [5.41, 5.74) is 0.497. The number of likely N-dealkylation sites (N-methyl/N-ethyl adjacent to an activating group) is 1. The van der Waals surface area contributed by atoms with Gasteiger partial charge in [-0.1, -0.05) is 24.3 Å². The number of nitrogens with zero attached hydrogens (tertiary/aromatic N) is 2. The minimum absolute atomic E-state index is 0.204. The Kier molecular flexibility index (Phi) is 6.23. The zero-order valence-corrected chi connectivity index (χ0v) is 20.7. The van der Waals surface area contributed by atoms with E-state index in [2.05, 4.69) is 5.32 Å².